The van der Waals surface area contributed by atoms with Crippen LogP contribution in [0.25, 0.3) is 6.08 Å². The summed E-state index contributed by atoms with van der Waals surface area (Å²) in [5, 5.41) is 3.16. The number of carbonyl (C=O) groups is 1. The lowest BCUT2D eigenvalue weighted by molar-refractivity contribution is -0.111. The van der Waals surface area contributed by atoms with Crippen LogP contribution < -0.4 is 5.32 Å². The molecular formula is C14H10ClFN2O. The van der Waals surface area contributed by atoms with Crippen molar-refractivity contribution in [2.45, 2.75) is 0 Å². The molecule has 19 heavy (non-hydrogen) atoms. The fourth-order valence-corrected chi connectivity index (χ4v) is 1.49. The molecule has 0 spiro atoms. The highest BCUT2D eigenvalue weighted by molar-refractivity contribution is 6.30. The van der Waals surface area contributed by atoms with Crippen LogP contribution >= 0.6 is 11.6 Å². The summed E-state index contributed by atoms with van der Waals surface area (Å²) in [6.45, 7) is 0. The normalized spacial score (nSPS) is 10.6. The number of benzene rings is 1. The maximum atomic E-state index is 12.6. The summed E-state index contributed by atoms with van der Waals surface area (Å²) in [4.78, 5) is 15.3. The highest BCUT2D eigenvalue weighted by Gasteiger charge is 1.99. The van der Waals surface area contributed by atoms with Crippen LogP contribution in [0, 0.1) is 5.82 Å². The van der Waals surface area contributed by atoms with E-state index in [1.807, 2.05) is 0 Å². The number of nitrogens with zero attached hydrogens (tertiary/aromatic N) is 1. The van der Waals surface area contributed by atoms with E-state index in [0.29, 0.717) is 10.8 Å². The van der Waals surface area contributed by atoms with E-state index in [-0.39, 0.29) is 5.91 Å². The van der Waals surface area contributed by atoms with Crippen molar-refractivity contribution >= 4 is 29.4 Å². The van der Waals surface area contributed by atoms with E-state index < -0.39 is 5.82 Å². The Morgan fingerprint density at radius 3 is 2.58 bits per heavy atom. The van der Waals surface area contributed by atoms with E-state index in [4.69, 9.17) is 11.6 Å². The number of carbonyl (C=O) groups excluding carboxylic acids is 1. The van der Waals surface area contributed by atoms with Gasteiger partial charge in [-0.05, 0) is 35.9 Å². The summed E-state index contributed by atoms with van der Waals surface area (Å²) in [6, 6.07) is 9.68. The van der Waals surface area contributed by atoms with Gasteiger partial charge in [0.25, 0.3) is 0 Å². The molecule has 2 aromatic rings. The zero-order valence-electron chi connectivity index (χ0n) is 9.81. The Kier molecular flexibility index (Phi) is 4.26. The van der Waals surface area contributed by atoms with Crippen LogP contribution in [0.5, 0.6) is 0 Å². The fraction of sp³-hybridized carbons (Fsp3) is 0. The molecule has 0 aliphatic heterocycles. The van der Waals surface area contributed by atoms with Gasteiger partial charge in [0.2, 0.25) is 5.91 Å². The van der Waals surface area contributed by atoms with Crippen LogP contribution in [0.15, 0.2) is 48.7 Å². The van der Waals surface area contributed by atoms with Gasteiger partial charge in [0.1, 0.15) is 11.6 Å². The Morgan fingerprint density at radius 2 is 1.95 bits per heavy atom. The number of aromatic nitrogens is 1. The van der Waals surface area contributed by atoms with E-state index in [1.54, 1.807) is 30.3 Å². The maximum absolute atomic E-state index is 12.6. The van der Waals surface area contributed by atoms with Gasteiger partial charge >= 0.3 is 0 Å². The van der Waals surface area contributed by atoms with Gasteiger partial charge in [-0.1, -0.05) is 23.7 Å². The molecule has 5 heteroatoms. The first kappa shape index (κ1) is 13.2. The molecule has 0 radical (unpaired) electrons. The van der Waals surface area contributed by atoms with Crippen molar-refractivity contribution in [3.05, 3.63) is 65.1 Å². The first-order valence-corrected chi connectivity index (χ1v) is 5.87. The number of hydrogen-bond acceptors (Lipinski definition) is 2. The van der Waals surface area contributed by atoms with Gasteiger partial charge in [0.15, 0.2) is 0 Å². The minimum absolute atomic E-state index is 0.298. The predicted molar refractivity (Wildman–Crippen MR) is 73.3 cm³/mol. The predicted octanol–water partition coefficient (Wildman–Crippen LogP) is 3.53. The van der Waals surface area contributed by atoms with Gasteiger partial charge < -0.3 is 5.32 Å². The number of amides is 1. The van der Waals surface area contributed by atoms with Crippen LogP contribution in [0.2, 0.25) is 5.02 Å². The molecule has 0 saturated carbocycles. The summed E-state index contributed by atoms with van der Waals surface area (Å²) in [7, 11) is 0. The quantitative estimate of drug-likeness (QED) is 0.872. The summed E-state index contributed by atoms with van der Waals surface area (Å²) in [5.74, 6) is -0.490. The molecule has 0 atom stereocenters. The summed E-state index contributed by atoms with van der Waals surface area (Å²) in [5.41, 5.74) is 0.853. The Balaban J connectivity index is 1.97. The van der Waals surface area contributed by atoms with Crippen LogP contribution in [0.4, 0.5) is 10.2 Å². The van der Waals surface area contributed by atoms with Crippen molar-refractivity contribution in [2.24, 2.45) is 0 Å². The molecule has 0 aliphatic carbocycles. The Hall–Kier alpha value is -2.20. The highest BCUT2D eigenvalue weighted by atomic mass is 35.5. The molecule has 0 unspecified atom stereocenters. The number of rotatable bonds is 3. The molecule has 1 N–H and O–H groups in total. The third-order valence-corrected chi connectivity index (χ3v) is 2.53. The SMILES string of the molecule is O=C(/C=C/c1ccc(Cl)cc1)Nc1ccc(F)cn1. The second-order valence-corrected chi connectivity index (χ2v) is 4.17. The average molecular weight is 277 g/mol. The Labute approximate surface area is 114 Å². The zero-order chi connectivity index (χ0) is 13.7. The molecule has 1 amide bonds. The number of anilines is 1. The second kappa shape index (κ2) is 6.11. The van der Waals surface area contributed by atoms with Crippen molar-refractivity contribution in [3.8, 4) is 0 Å². The highest BCUT2D eigenvalue weighted by Crippen LogP contribution is 2.10. The first-order valence-electron chi connectivity index (χ1n) is 5.50. The molecule has 0 fully saturated rings. The molecule has 3 nitrogen and oxygen atoms in total. The van der Waals surface area contributed by atoms with Crippen LogP contribution in [0.1, 0.15) is 5.56 Å². The standard InChI is InChI=1S/C14H10ClFN2O/c15-11-4-1-10(2-5-11)3-8-14(19)18-13-7-6-12(16)9-17-13/h1-9H,(H,17,18,19)/b8-3+. The Morgan fingerprint density at radius 1 is 1.21 bits per heavy atom. The molecule has 0 bridgehead atoms. The van der Waals surface area contributed by atoms with Gasteiger partial charge in [-0.2, -0.15) is 0 Å². The van der Waals surface area contributed by atoms with Gasteiger partial charge in [-0.3, -0.25) is 4.79 Å². The van der Waals surface area contributed by atoms with Crippen molar-refractivity contribution < 1.29 is 9.18 Å². The lowest BCUT2D eigenvalue weighted by Gasteiger charge is -2.00. The summed E-state index contributed by atoms with van der Waals surface area (Å²) in [6.07, 6.45) is 4.06. The summed E-state index contributed by atoms with van der Waals surface area (Å²) < 4.78 is 12.6. The van der Waals surface area contributed by atoms with E-state index in [0.717, 1.165) is 11.8 Å². The van der Waals surface area contributed by atoms with E-state index >= 15 is 0 Å². The molecule has 0 aliphatic rings. The fourth-order valence-electron chi connectivity index (χ4n) is 1.36. The van der Waals surface area contributed by atoms with Crippen LogP contribution in [-0.4, -0.2) is 10.9 Å². The molecule has 1 heterocycles. The van der Waals surface area contributed by atoms with Crippen molar-refractivity contribution in [3.63, 3.8) is 0 Å². The van der Waals surface area contributed by atoms with Crippen molar-refractivity contribution in [2.75, 3.05) is 5.32 Å². The summed E-state index contributed by atoms with van der Waals surface area (Å²) >= 11 is 5.75. The molecule has 1 aromatic carbocycles. The lowest BCUT2D eigenvalue weighted by atomic mass is 10.2. The number of pyridine rings is 1. The van der Waals surface area contributed by atoms with Crippen LogP contribution in [0.3, 0.4) is 0 Å². The molecule has 0 saturated heterocycles. The van der Waals surface area contributed by atoms with Gasteiger partial charge in [0.05, 0.1) is 6.20 Å². The maximum Gasteiger partial charge on any atom is 0.249 e. The number of nitrogens with one attached hydrogen (secondary N) is 1. The van der Waals surface area contributed by atoms with E-state index in [1.165, 1.54) is 18.2 Å². The first-order chi connectivity index (χ1) is 9.13. The molecule has 2 rings (SSSR count). The topological polar surface area (TPSA) is 42.0 Å². The zero-order valence-corrected chi connectivity index (χ0v) is 10.6. The number of hydrogen-bond donors (Lipinski definition) is 1. The van der Waals surface area contributed by atoms with Gasteiger partial charge in [-0.25, -0.2) is 9.37 Å². The largest absolute Gasteiger partial charge is 0.307 e. The smallest absolute Gasteiger partial charge is 0.249 e. The second-order valence-electron chi connectivity index (χ2n) is 3.74. The van der Waals surface area contributed by atoms with Gasteiger partial charge in [0, 0.05) is 11.1 Å². The third kappa shape index (κ3) is 4.19. The average Bonchev–Trinajstić information content (AvgIpc) is 2.41. The van der Waals surface area contributed by atoms with Crippen molar-refractivity contribution in [1.29, 1.82) is 0 Å². The number of halogens is 2. The monoisotopic (exact) mass is 276 g/mol. The molecule has 1 aromatic heterocycles. The van der Waals surface area contributed by atoms with Crippen molar-refractivity contribution in [1.82, 2.24) is 4.98 Å². The molecular weight excluding hydrogens is 267 g/mol. The Bertz CT molecular complexity index is 594. The van der Waals surface area contributed by atoms with E-state index in [9.17, 15) is 9.18 Å². The van der Waals surface area contributed by atoms with Gasteiger partial charge in [-0.15, -0.1) is 0 Å². The molecule has 96 valence electrons. The minimum Gasteiger partial charge on any atom is -0.307 e. The minimum atomic E-state index is -0.449. The van der Waals surface area contributed by atoms with Crippen LogP contribution in [-0.2, 0) is 4.79 Å². The van der Waals surface area contributed by atoms with E-state index in [2.05, 4.69) is 10.3 Å². The lowest BCUT2D eigenvalue weighted by Crippen LogP contribution is -2.08. The third-order valence-electron chi connectivity index (χ3n) is 2.28.